The average molecular weight is 321 g/mol. The second kappa shape index (κ2) is 7.85. The van der Waals surface area contributed by atoms with Gasteiger partial charge in [-0.1, -0.05) is 0 Å². The van der Waals surface area contributed by atoms with Gasteiger partial charge in [-0.3, -0.25) is 9.59 Å². The van der Waals surface area contributed by atoms with E-state index in [1.54, 1.807) is 7.11 Å². The average Bonchev–Trinajstić information content (AvgIpc) is 3.03. The molecule has 2 rings (SSSR count). The highest BCUT2D eigenvalue weighted by Gasteiger charge is 2.33. The summed E-state index contributed by atoms with van der Waals surface area (Å²) in [4.78, 5) is 23.0. The van der Waals surface area contributed by atoms with Crippen LogP contribution in [0.4, 0.5) is 0 Å². The number of carboxylic acids is 1. The Hall–Kier alpha value is -2.24. The Labute approximate surface area is 135 Å². The van der Waals surface area contributed by atoms with Gasteiger partial charge in [-0.05, 0) is 50.5 Å². The van der Waals surface area contributed by atoms with Crippen LogP contribution in [0.5, 0.6) is 11.5 Å². The predicted octanol–water partition coefficient (Wildman–Crippen LogP) is 2.08. The number of carbonyl (C=O) groups excluding carboxylic acids is 1. The van der Waals surface area contributed by atoms with Gasteiger partial charge >= 0.3 is 5.97 Å². The first-order valence-corrected chi connectivity index (χ1v) is 7.80. The fourth-order valence-corrected chi connectivity index (χ4v) is 2.76. The Balaban J connectivity index is 1.74. The van der Waals surface area contributed by atoms with Crippen molar-refractivity contribution < 1.29 is 24.2 Å². The lowest BCUT2D eigenvalue weighted by atomic mass is 10.0. The summed E-state index contributed by atoms with van der Waals surface area (Å²) in [5.41, 5.74) is 0. The van der Waals surface area contributed by atoms with Crippen LogP contribution in [0.15, 0.2) is 24.3 Å². The minimum atomic E-state index is -0.809. The van der Waals surface area contributed by atoms with Crippen LogP contribution < -0.4 is 14.8 Å². The molecule has 1 amide bonds. The summed E-state index contributed by atoms with van der Waals surface area (Å²) in [6, 6.07) is 7.24. The number of carbonyl (C=O) groups is 2. The molecule has 0 aliphatic heterocycles. The standard InChI is InChI=1S/C17H23NO5/c1-11(23-15-7-5-14(22-2)6-8-15)10-18-16(19)12-3-4-13(9-12)17(20)21/h5-8,11-13H,3-4,9-10H2,1-2H3,(H,18,19)(H,20,21)/t11?,12-,13+/m1/s1. The van der Waals surface area contributed by atoms with Gasteiger partial charge < -0.3 is 19.9 Å². The van der Waals surface area contributed by atoms with Crippen LogP contribution in [-0.2, 0) is 9.59 Å². The minimum absolute atomic E-state index is 0.0843. The summed E-state index contributed by atoms with van der Waals surface area (Å²) in [5, 5.41) is 11.8. The van der Waals surface area contributed by atoms with Gasteiger partial charge in [-0.25, -0.2) is 0 Å². The maximum atomic E-state index is 12.1. The number of nitrogens with one attached hydrogen (secondary N) is 1. The fourth-order valence-electron chi connectivity index (χ4n) is 2.76. The van der Waals surface area contributed by atoms with Crippen molar-refractivity contribution in [2.24, 2.45) is 11.8 Å². The van der Waals surface area contributed by atoms with Crippen LogP contribution in [0.2, 0.25) is 0 Å². The molecule has 126 valence electrons. The number of amides is 1. The molecule has 1 saturated carbocycles. The Morgan fingerprint density at radius 3 is 2.39 bits per heavy atom. The first kappa shape index (κ1) is 17.1. The molecule has 1 aliphatic rings. The summed E-state index contributed by atoms with van der Waals surface area (Å²) in [6.45, 7) is 2.26. The molecule has 1 aliphatic carbocycles. The van der Waals surface area contributed by atoms with E-state index in [1.807, 2.05) is 31.2 Å². The van der Waals surface area contributed by atoms with Crippen molar-refractivity contribution in [1.29, 1.82) is 0 Å². The van der Waals surface area contributed by atoms with Gasteiger partial charge in [-0.15, -0.1) is 0 Å². The molecule has 0 radical (unpaired) electrons. The third-order valence-corrected chi connectivity index (χ3v) is 4.11. The lowest BCUT2D eigenvalue weighted by Gasteiger charge is -2.17. The topological polar surface area (TPSA) is 84.9 Å². The fraction of sp³-hybridized carbons (Fsp3) is 0.529. The highest BCUT2D eigenvalue weighted by Crippen LogP contribution is 2.31. The van der Waals surface area contributed by atoms with Crippen LogP contribution in [0.25, 0.3) is 0 Å². The molecule has 1 fully saturated rings. The predicted molar refractivity (Wildman–Crippen MR) is 84.6 cm³/mol. The quantitative estimate of drug-likeness (QED) is 0.803. The Kier molecular flexibility index (Phi) is 5.84. The number of carboxylic acid groups (broad SMARTS) is 1. The van der Waals surface area contributed by atoms with Crippen LogP contribution in [0.1, 0.15) is 26.2 Å². The zero-order valence-corrected chi connectivity index (χ0v) is 13.5. The third-order valence-electron chi connectivity index (χ3n) is 4.11. The van der Waals surface area contributed by atoms with E-state index in [1.165, 1.54) is 0 Å². The molecule has 1 unspecified atom stereocenters. The van der Waals surface area contributed by atoms with E-state index in [0.717, 1.165) is 5.75 Å². The van der Waals surface area contributed by atoms with Crippen molar-refractivity contribution in [3.8, 4) is 11.5 Å². The van der Waals surface area contributed by atoms with Crippen LogP contribution >= 0.6 is 0 Å². The lowest BCUT2D eigenvalue weighted by Crippen LogP contribution is -2.36. The summed E-state index contributed by atoms with van der Waals surface area (Å²) < 4.78 is 10.8. The molecule has 0 heterocycles. The van der Waals surface area contributed by atoms with Gasteiger partial charge in [0, 0.05) is 5.92 Å². The molecular formula is C17H23NO5. The van der Waals surface area contributed by atoms with E-state index in [4.69, 9.17) is 14.6 Å². The summed E-state index contributed by atoms with van der Waals surface area (Å²) in [7, 11) is 1.60. The minimum Gasteiger partial charge on any atom is -0.497 e. The van der Waals surface area contributed by atoms with Crippen molar-refractivity contribution >= 4 is 11.9 Å². The molecule has 2 N–H and O–H groups in total. The Morgan fingerprint density at radius 1 is 1.22 bits per heavy atom. The number of hydrogen-bond donors (Lipinski definition) is 2. The van der Waals surface area contributed by atoms with Gasteiger partial charge in [0.2, 0.25) is 5.91 Å². The maximum absolute atomic E-state index is 12.1. The molecule has 0 spiro atoms. The zero-order valence-electron chi connectivity index (χ0n) is 13.5. The SMILES string of the molecule is COc1ccc(OC(C)CNC(=O)[C@@H]2CC[C@H](C(=O)O)C2)cc1. The molecular weight excluding hydrogens is 298 g/mol. The third kappa shape index (κ3) is 4.87. The van der Waals surface area contributed by atoms with Crippen molar-refractivity contribution in [2.75, 3.05) is 13.7 Å². The van der Waals surface area contributed by atoms with Gasteiger partial charge in [0.25, 0.3) is 0 Å². The number of aliphatic carboxylic acids is 1. The number of benzene rings is 1. The summed E-state index contributed by atoms with van der Waals surface area (Å²) >= 11 is 0. The highest BCUT2D eigenvalue weighted by atomic mass is 16.5. The molecule has 0 aromatic heterocycles. The van der Waals surface area contributed by atoms with Crippen molar-refractivity contribution in [3.63, 3.8) is 0 Å². The van der Waals surface area contributed by atoms with Crippen molar-refractivity contribution in [1.82, 2.24) is 5.32 Å². The molecule has 0 bridgehead atoms. The van der Waals surface area contributed by atoms with E-state index in [2.05, 4.69) is 5.32 Å². The lowest BCUT2D eigenvalue weighted by molar-refractivity contribution is -0.141. The van der Waals surface area contributed by atoms with E-state index in [9.17, 15) is 9.59 Å². The largest absolute Gasteiger partial charge is 0.497 e. The number of methoxy groups -OCH3 is 1. The summed E-state index contributed by atoms with van der Waals surface area (Å²) in [5.74, 6) is -0.0228. The molecule has 1 aromatic carbocycles. The Bertz CT molecular complexity index is 542. The molecule has 6 nitrogen and oxygen atoms in total. The summed E-state index contributed by atoms with van der Waals surface area (Å²) in [6.07, 6.45) is 1.46. The van der Waals surface area contributed by atoms with Crippen molar-refractivity contribution in [3.05, 3.63) is 24.3 Å². The van der Waals surface area contributed by atoms with Crippen LogP contribution in [-0.4, -0.2) is 36.7 Å². The van der Waals surface area contributed by atoms with E-state index in [0.29, 0.717) is 31.6 Å². The van der Waals surface area contributed by atoms with E-state index >= 15 is 0 Å². The first-order chi connectivity index (χ1) is 11.0. The Morgan fingerprint density at radius 2 is 1.83 bits per heavy atom. The normalized spacial score (nSPS) is 21.5. The number of ether oxygens (including phenoxy) is 2. The molecule has 23 heavy (non-hydrogen) atoms. The van der Waals surface area contributed by atoms with Crippen LogP contribution in [0, 0.1) is 11.8 Å². The second-order valence-corrected chi connectivity index (χ2v) is 5.89. The smallest absolute Gasteiger partial charge is 0.306 e. The molecule has 1 aromatic rings. The van der Waals surface area contributed by atoms with Gasteiger partial charge in [0.1, 0.15) is 17.6 Å². The van der Waals surface area contributed by atoms with Gasteiger partial charge in [0.15, 0.2) is 0 Å². The van der Waals surface area contributed by atoms with E-state index < -0.39 is 11.9 Å². The van der Waals surface area contributed by atoms with Gasteiger partial charge in [-0.2, -0.15) is 0 Å². The van der Waals surface area contributed by atoms with Crippen LogP contribution in [0.3, 0.4) is 0 Å². The number of rotatable bonds is 7. The molecule has 0 saturated heterocycles. The zero-order chi connectivity index (χ0) is 16.8. The maximum Gasteiger partial charge on any atom is 0.306 e. The second-order valence-electron chi connectivity index (χ2n) is 5.89. The van der Waals surface area contributed by atoms with Crippen molar-refractivity contribution in [2.45, 2.75) is 32.3 Å². The monoisotopic (exact) mass is 321 g/mol. The molecule has 3 atom stereocenters. The number of hydrogen-bond acceptors (Lipinski definition) is 4. The van der Waals surface area contributed by atoms with E-state index in [-0.39, 0.29) is 17.9 Å². The molecule has 6 heteroatoms. The highest BCUT2D eigenvalue weighted by molar-refractivity contribution is 5.80. The first-order valence-electron chi connectivity index (χ1n) is 7.80. The van der Waals surface area contributed by atoms with Gasteiger partial charge in [0.05, 0.1) is 19.6 Å².